The summed E-state index contributed by atoms with van der Waals surface area (Å²) < 4.78 is 0. The first kappa shape index (κ1) is 12.0. The molecule has 1 saturated carbocycles. The average Bonchev–Trinajstić information content (AvgIpc) is 2.41. The number of carboxylic acids is 1. The van der Waals surface area contributed by atoms with Crippen molar-refractivity contribution in [2.75, 3.05) is 0 Å². The molecule has 1 aliphatic carbocycles. The molecule has 86 valence electrons. The van der Waals surface area contributed by atoms with E-state index in [-0.39, 0.29) is 5.41 Å². The van der Waals surface area contributed by atoms with Crippen LogP contribution < -0.4 is 0 Å². The summed E-state index contributed by atoms with van der Waals surface area (Å²) in [7, 11) is 0. The molecule has 0 aliphatic heterocycles. The monoisotopic (exact) mass is 213 g/mol. The Bertz CT molecular complexity index is 292. The molecule has 0 amide bonds. The van der Waals surface area contributed by atoms with Gasteiger partial charge in [-0.15, -0.1) is 0 Å². The Balaban J connectivity index is 2.70. The molecule has 0 spiro atoms. The maximum absolute atomic E-state index is 10.8. The first-order valence-electron chi connectivity index (χ1n) is 5.25. The Morgan fingerprint density at radius 2 is 2.13 bits per heavy atom. The van der Waals surface area contributed by atoms with Gasteiger partial charge in [0.1, 0.15) is 0 Å². The van der Waals surface area contributed by atoms with Gasteiger partial charge in [0.2, 0.25) is 5.60 Å². The molecule has 1 fully saturated rings. The minimum atomic E-state index is -1.24. The van der Waals surface area contributed by atoms with Crippen LogP contribution in [0.2, 0.25) is 0 Å². The molecular formula is C11H19NO3. The topological polar surface area (TPSA) is 58.9 Å². The highest BCUT2D eigenvalue weighted by Crippen LogP contribution is 2.34. The third-order valence-corrected chi connectivity index (χ3v) is 2.90. The van der Waals surface area contributed by atoms with E-state index in [4.69, 9.17) is 9.94 Å². The van der Waals surface area contributed by atoms with E-state index in [1.807, 2.05) is 0 Å². The van der Waals surface area contributed by atoms with E-state index in [1.165, 1.54) is 13.8 Å². The van der Waals surface area contributed by atoms with Crippen LogP contribution in [0.4, 0.5) is 0 Å². The molecule has 0 unspecified atom stereocenters. The highest BCUT2D eigenvalue weighted by Gasteiger charge is 2.34. The maximum Gasteiger partial charge on any atom is 0.350 e. The zero-order chi connectivity index (χ0) is 11.7. The van der Waals surface area contributed by atoms with Crippen molar-refractivity contribution < 1.29 is 14.7 Å². The molecular weight excluding hydrogens is 194 g/mol. The first-order chi connectivity index (χ1) is 6.76. The Hall–Kier alpha value is -1.06. The fourth-order valence-corrected chi connectivity index (χ4v) is 1.56. The van der Waals surface area contributed by atoms with Crippen molar-refractivity contribution in [1.82, 2.24) is 0 Å². The van der Waals surface area contributed by atoms with Gasteiger partial charge in [-0.2, -0.15) is 0 Å². The second kappa shape index (κ2) is 3.83. The van der Waals surface area contributed by atoms with Gasteiger partial charge in [0, 0.05) is 5.41 Å². The zero-order valence-electron chi connectivity index (χ0n) is 9.83. The van der Waals surface area contributed by atoms with Crippen molar-refractivity contribution in [2.24, 2.45) is 10.6 Å². The molecule has 15 heavy (non-hydrogen) atoms. The van der Waals surface area contributed by atoms with E-state index in [9.17, 15) is 4.79 Å². The Kier molecular flexibility index (Phi) is 3.07. The van der Waals surface area contributed by atoms with Gasteiger partial charge < -0.3 is 9.94 Å². The van der Waals surface area contributed by atoms with E-state index in [1.54, 1.807) is 0 Å². The number of carboxylic acid groups (broad SMARTS) is 1. The standard InChI is InChI=1S/C11H19NO3/c1-10(2)7-5-6-8(10)12-15-11(3,4)9(13)14/h5-7H2,1-4H3,(H,13,14). The lowest BCUT2D eigenvalue weighted by molar-refractivity contribution is -0.161. The van der Waals surface area contributed by atoms with Crippen LogP contribution in [0.1, 0.15) is 47.0 Å². The number of nitrogens with zero attached hydrogens (tertiary/aromatic N) is 1. The van der Waals surface area contributed by atoms with Gasteiger partial charge >= 0.3 is 5.97 Å². The fraction of sp³-hybridized carbons (Fsp3) is 0.818. The predicted octanol–water partition coefficient (Wildman–Crippen LogP) is 2.43. The summed E-state index contributed by atoms with van der Waals surface area (Å²) in [6.07, 6.45) is 3.09. The first-order valence-corrected chi connectivity index (χ1v) is 5.25. The summed E-state index contributed by atoms with van der Waals surface area (Å²) in [6, 6.07) is 0. The van der Waals surface area contributed by atoms with Crippen LogP contribution in [0, 0.1) is 5.41 Å². The number of hydrogen-bond donors (Lipinski definition) is 1. The van der Waals surface area contributed by atoms with Crippen LogP contribution in [0.5, 0.6) is 0 Å². The zero-order valence-corrected chi connectivity index (χ0v) is 9.83. The van der Waals surface area contributed by atoms with Crippen LogP contribution in [0.3, 0.4) is 0 Å². The lowest BCUT2D eigenvalue weighted by Gasteiger charge is -2.21. The molecule has 1 rings (SSSR count). The SMILES string of the molecule is CC1(C)CCCC1=NOC(C)(C)C(=O)O. The van der Waals surface area contributed by atoms with Crippen molar-refractivity contribution in [2.45, 2.75) is 52.6 Å². The normalized spacial score (nSPS) is 23.1. The van der Waals surface area contributed by atoms with Gasteiger partial charge in [0.05, 0.1) is 5.71 Å². The van der Waals surface area contributed by atoms with Gasteiger partial charge in [0.15, 0.2) is 0 Å². The summed E-state index contributed by atoms with van der Waals surface area (Å²) in [5, 5.41) is 12.9. The highest BCUT2D eigenvalue weighted by molar-refractivity contribution is 5.91. The number of oxime groups is 1. The van der Waals surface area contributed by atoms with Crippen LogP contribution in [-0.2, 0) is 9.63 Å². The molecule has 4 nitrogen and oxygen atoms in total. The second-order valence-electron chi connectivity index (χ2n) is 5.18. The molecule has 0 bridgehead atoms. The largest absolute Gasteiger partial charge is 0.478 e. The molecule has 4 heteroatoms. The minimum Gasteiger partial charge on any atom is -0.478 e. The Labute approximate surface area is 90.3 Å². The second-order valence-corrected chi connectivity index (χ2v) is 5.18. The van der Waals surface area contributed by atoms with Crippen LogP contribution in [0.15, 0.2) is 5.16 Å². The van der Waals surface area contributed by atoms with Crippen molar-refractivity contribution in [1.29, 1.82) is 0 Å². The van der Waals surface area contributed by atoms with Crippen LogP contribution in [0.25, 0.3) is 0 Å². The molecule has 0 aromatic carbocycles. The Morgan fingerprint density at radius 3 is 2.53 bits per heavy atom. The van der Waals surface area contributed by atoms with Crippen LogP contribution >= 0.6 is 0 Å². The smallest absolute Gasteiger partial charge is 0.350 e. The third kappa shape index (κ3) is 2.70. The van der Waals surface area contributed by atoms with Gasteiger partial charge in [-0.05, 0) is 33.1 Å². The summed E-state index contributed by atoms with van der Waals surface area (Å²) in [5.41, 5.74) is -0.225. The molecule has 0 aromatic heterocycles. The molecule has 0 heterocycles. The average molecular weight is 213 g/mol. The lowest BCUT2D eigenvalue weighted by Crippen LogP contribution is -2.33. The van der Waals surface area contributed by atoms with Gasteiger partial charge in [-0.1, -0.05) is 19.0 Å². The fourth-order valence-electron chi connectivity index (χ4n) is 1.56. The summed E-state index contributed by atoms with van der Waals surface area (Å²) in [4.78, 5) is 15.9. The van der Waals surface area contributed by atoms with Gasteiger partial charge in [0.25, 0.3) is 0 Å². The van der Waals surface area contributed by atoms with E-state index in [0.29, 0.717) is 0 Å². The van der Waals surface area contributed by atoms with Crippen molar-refractivity contribution >= 4 is 11.7 Å². The third-order valence-electron chi connectivity index (χ3n) is 2.90. The maximum atomic E-state index is 10.8. The molecule has 1 N–H and O–H groups in total. The van der Waals surface area contributed by atoms with E-state index >= 15 is 0 Å². The molecule has 1 aliphatic rings. The number of rotatable bonds is 3. The lowest BCUT2D eigenvalue weighted by atomic mass is 9.90. The summed E-state index contributed by atoms with van der Waals surface area (Å²) in [6.45, 7) is 7.22. The number of aliphatic carboxylic acids is 1. The molecule has 0 aromatic rings. The van der Waals surface area contributed by atoms with E-state index < -0.39 is 11.6 Å². The molecule has 0 radical (unpaired) electrons. The summed E-state index contributed by atoms with van der Waals surface area (Å²) in [5.74, 6) is -0.998. The predicted molar refractivity (Wildman–Crippen MR) is 57.9 cm³/mol. The minimum absolute atomic E-state index is 0.0502. The van der Waals surface area contributed by atoms with Crippen molar-refractivity contribution in [3.05, 3.63) is 0 Å². The number of hydrogen-bond acceptors (Lipinski definition) is 3. The van der Waals surface area contributed by atoms with Crippen molar-refractivity contribution in [3.8, 4) is 0 Å². The molecule has 0 saturated heterocycles. The number of carbonyl (C=O) groups is 1. The highest BCUT2D eigenvalue weighted by atomic mass is 16.7. The van der Waals surface area contributed by atoms with Crippen LogP contribution in [-0.4, -0.2) is 22.4 Å². The van der Waals surface area contributed by atoms with Gasteiger partial charge in [-0.3, -0.25) is 0 Å². The van der Waals surface area contributed by atoms with E-state index in [0.717, 1.165) is 25.0 Å². The van der Waals surface area contributed by atoms with Gasteiger partial charge in [-0.25, -0.2) is 4.79 Å². The summed E-state index contributed by atoms with van der Waals surface area (Å²) >= 11 is 0. The Morgan fingerprint density at radius 1 is 1.53 bits per heavy atom. The molecule has 0 atom stereocenters. The van der Waals surface area contributed by atoms with E-state index in [2.05, 4.69) is 19.0 Å². The van der Waals surface area contributed by atoms with Crippen molar-refractivity contribution in [3.63, 3.8) is 0 Å². The quantitative estimate of drug-likeness (QED) is 0.732.